The topological polar surface area (TPSA) is 59.5 Å². The van der Waals surface area contributed by atoms with Crippen molar-refractivity contribution in [2.75, 3.05) is 13.1 Å². The summed E-state index contributed by atoms with van der Waals surface area (Å²) in [5.41, 5.74) is 6.09. The van der Waals surface area contributed by atoms with E-state index in [0.29, 0.717) is 17.9 Å². The monoisotopic (exact) mass is 272 g/mol. The minimum atomic E-state index is 0. The van der Waals surface area contributed by atoms with Gasteiger partial charge in [-0.1, -0.05) is 6.92 Å². The Balaban J connectivity index is 0.00000162. The third-order valence-corrected chi connectivity index (χ3v) is 3.41. The highest BCUT2D eigenvalue weighted by atomic mass is 35.5. The van der Waals surface area contributed by atoms with Crippen molar-refractivity contribution >= 4 is 18.3 Å². The summed E-state index contributed by atoms with van der Waals surface area (Å²) in [7, 11) is 0. The number of nitrogens with two attached hydrogens (primary N) is 1. The summed E-state index contributed by atoms with van der Waals surface area (Å²) < 4.78 is 5.21. The largest absolute Gasteiger partial charge is 0.467 e. The number of rotatable bonds is 2. The maximum atomic E-state index is 12.2. The van der Waals surface area contributed by atoms with Gasteiger partial charge in [-0.2, -0.15) is 0 Å². The highest BCUT2D eigenvalue weighted by Gasteiger charge is 2.20. The van der Waals surface area contributed by atoms with Gasteiger partial charge in [0.2, 0.25) is 0 Å². The van der Waals surface area contributed by atoms with E-state index in [2.05, 4.69) is 6.92 Å². The average Bonchev–Trinajstić information content (AvgIpc) is 2.71. The highest BCUT2D eigenvalue weighted by Crippen LogP contribution is 2.19. The molecule has 1 aliphatic rings. The SMILES string of the molecule is CC1CCCN(C(=O)c2coc(CN)c2)CC1.Cl. The van der Waals surface area contributed by atoms with Crippen molar-refractivity contribution < 1.29 is 9.21 Å². The van der Waals surface area contributed by atoms with Gasteiger partial charge in [-0.15, -0.1) is 12.4 Å². The normalized spacial score (nSPS) is 20.1. The van der Waals surface area contributed by atoms with Crippen molar-refractivity contribution in [3.8, 4) is 0 Å². The number of hydrogen-bond acceptors (Lipinski definition) is 3. The Labute approximate surface area is 114 Å². The van der Waals surface area contributed by atoms with Gasteiger partial charge in [0.05, 0.1) is 12.1 Å². The lowest BCUT2D eigenvalue weighted by molar-refractivity contribution is 0.0759. The highest BCUT2D eigenvalue weighted by molar-refractivity contribution is 5.94. The fourth-order valence-electron chi connectivity index (χ4n) is 2.25. The molecule has 1 saturated heterocycles. The number of nitrogens with zero attached hydrogens (tertiary/aromatic N) is 1. The molecular weight excluding hydrogens is 252 g/mol. The lowest BCUT2D eigenvalue weighted by atomic mass is 10.0. The van der Waals surface area contributed by atoms with Crippen LogP contribution in [0.5, 0.6) is 0 Å². The predicted molar refractivity (Wildman–Crippen MR) is 72.8 cm³/mol. The van der Waals surface area contributed by atoms with Crippen LogP contribution in [0.3, 0.4) is 0 Å². The lowest BCUT2D eigenvalue weighted by Gasteiger charge is -2.19. The quantitative estimate of drug-likeness (QED) is 0.899. The molecule has 0 spiro atoms. The third-order valence-electron chi connectivity index (χ3n) is 3.41. The van der Waals surface area contributed by atoms with Crippen LogP contribution >= 0.6 is 12.4 Å². The second kappa shape index (κ2) is 6.81. The van der Waals surface area contributed by atoms with E-state index in [-0.39, 0.29) is 18.3 Å². The van der Waals surface area contributed by atoms with Gasteiger partial charge in [0.15, 0.2) is 0 Å². The van der Waals surface area contributed by atoms with E-state index in [9.17, 15) is 4.79 Å². The Hall–Kier alpha value is -1.00. The molecule has 102 valence electrons. The van der Waals surface area contributed by atoms with E-state index in [1.807, 2.05) is 4.90 Å². The first-order valence-electron chi connectivity index (χ1n) is 6.27. The molecule has 0 bridgehead atoms. The second-order valence-corrected chi connectivity index (χ2v) is 4.83. The molecule has 2 N–H and O–H groups in total. The minimum absolute atomic E-state index is 0. The number of halogens is 1. The fraction of sp³-hybridized carbons (Fsp3) is 0.615. The summed E-state index contributed by atoms with van der Waals surface area (Å²) in [5, 5.41) is 0. The fourth-order valence-corrected chi connectivity index (χ4v) is 2.25. The smallest absolute Gasteiger partial charge is 0.257 e. The van der Waals surface area contributed by atoms with Crippen LogP contribution in [0.25, 0.3) is 0 Å². The molecule has 0 saturated carbocycles. The van der Waals surface area contributed by atoms with Crippen LogP contribution in [-0.2, 0) is 6.54 Å². The molecule has 0 aliphatic carbocycles. The summed E-state index contributed by atoms with van der Waals surface area (Å²) in [5.74, 6) is 1.45. The Morgan fingerprint density at radius 1 is 1.50 bits per heavy atom. The number of amides is 1. The van der Waals surface area contributed by atoms with E-state index >= 15 is 0 Å². The van der Waals surface area contributed by atoms with Gasteiger partial charge < -0.3 is 15.1 Å². The molecule has 5 heteroatoms. The van der Waals surface area contributed by atoms with Crippen molar-refractivity contribution in [3.63, 3.8) is 0 Å². The zero-order chi connectivity index (χ0) is 12.3. The van der Waals surface area contributed by atoms with Crippen molar-refractivity contribution in [3.05, 3.63) is 23.7 Å². The molecule has 1 amide bonds. The van der Waals surface area contributed by atoms with Crippen molar-refractivity contribution in [1.29, 1.82) is 0 Å². The molecule has 1 atom stereocenters. The number of carbonyl (C=O) groups is 1. The van der Waals surface area contributed by atoms with Gasteiger partial charge in [-0.25, -0.2) is 0 Å². The van der Waals surface area contributed by atoms with Crippen LogP contribution in [0.2, 0.25) is 0 Å². The van der Waals surface area contributed by atoms with E-state index < -0.39 is 0 Å². The molecule has 0 radical (unpaired) electrons. The van der Waals surface area contributed by atoms with Gasteiger partial charge in [0.1, 0.15) is 12.0 Å². The van der Waals surface area contributed by atoms with Gasteiger partial charge in [-0.05, 0) is 31.2 Å². The van der Waals surface area contributed by atoms with Gasteiger partial charge in [-0.3, -0.25) is 4.79 Å². The maximum Gasteiger partial charge on any atom is 0.257 e. The maximum absolute atomic E-state index is 12.2. The van der Waals surface area contributed by atoms with Crippen LogP contribution in [-0.4, -0.2) is 23.9 Å². The standard InChI is InChI=1S/C13H20N2O2.ClH/c1-10-3-2-5-15(6-4-10)13(16)11-7-12(8-14)17-9-11;/h7,9-10H,2-6,8,14H2,1H3;1H. The molecule has 1 unspecified atom stereocenters. The van der Waals surface area contributed by atoms with E-state index in [4.69, 9.17) is 10.2 Å². The van der Waals surface area contributed by atoms with Crippen LogP contribution in [0, 0.1) is 5.92 Å². The molecular formula is C13H21ClN2O2. The first-order chi connectivity index (χ1) is 8.20. The van der Waals surface area contributed by atoms with Crippen LogP contribution < -0.4 is 5.73 Å². The van der Waals surface area contributed by atoms with E-state index in [1.165, 1.54) is 12.7 Å². The van der Waals surface area contributed by atoms with Gasteiger partial charge in [0, 0.05) is 13.1 Å². The van der Waals surface area contributed by atoms with Crippen LogP contribution in [0.1, 0.15) is 42.3 Å². The summed E-state index contributed by atoms with van der Waals surface area (Å²) in [6.45, 7) is 4.29. The number of furan rings is 1. The Bertz CT molecular complexity index is 392. The molecule has 1 fully saturated rings. The van der Waals surface area contributed by atoms with Crippen molar-refractivity contribution in [1.82, 2.24) is 4.90 Å². The van der Waals surface area contributed by atoms with Gasteiger partial charge in [0.25, 0.3) is 5.91 Å². The summed E-state index contributed by atoms with van der Waals surface area (Å²) in [6.07, 6.45) is 4.91. The van der Waals surface area contributed by atoms with E-state index in [0.717, 1.165) is 31.8 Å². The van der Waals surface area contributed by atoms with Crippen LogP contribution in [0.4, 0.5) is 0 Å². The average molecular weight is 273 g/mol. The lowest BCUT2D eigenvalue weighted by Crippen LogP contribution is -2.31. The first-order valence-corrected chi connectivity index (χ1v) is 6.27. The third kappa shape index (κ3) is 3.50. The molecule has 1 aromatic rings. The number of hydrogen-bond donors (Lipinski definition) is 1. The predicted octanol–water partition coefficient (Wildman–Crippen LogP) is 2.42. The molecule has 1 aromatic heterocycles. The van der Waals surface area contributed by atoms with Crippen LogP contribution in [0.15, 0.2) is 16.7 Å². The zero-order valence-electron chi connectivity index (χ0n) is 10.7. The van der Waals surface area contributed by atoms with Crippen molar-refractivity contribution in [2.24, 2.45) is 11.7 Å². The Kier molecular flexibility index (Phi) is 5.69. The number of likely N-dealkylation sites (tertiary alicyclic amines) is 1. The summed E-state index contributed by atoms with van der Waals surface area (Å²) in [4.78, 5) is 14.1. The van der Waals surface area contributed by atoms with E-state index in [1.54, 1.807) is 6.07 Å². The minimum Gasteiger partial charge on any atom is -0.467 e. The summed E-state index contributed by atoms with van der Waals surface area (Å²) in [6, 6.07) is 1.75. The number of carbonyl (C=O) groups excluding carboxylic acids is 1. The molecule has 2 rings (SSSR count). The Morgan fingerprint density at radius 3 is 2.94 bits per heavy atom. The van der Waals surface area contributed by atoms with Gasteiger partial charge >= 0.3 is 0 Å². The second-order valence-electron chi connectivity index (χ2n) is 4.83. The molecule has 2 heterocycles. The molecule has 4 nitrogen and oxygen atoms in total. The summed E-state index contributed by atoms with van der Waals surface area (Å²) >= 11 is 0. The molecule has 18 heavy (non-hydrogen) atoms. The molecule has 1 aliphatic heterocycles. The first kappa shape index (κ1) is 15.1. The molecule has 0 aromatic carbocycles. The Morgan fingerprint density at radius 2 is 2.28 bits per heavy atom. The zero-order valence-corrected chi connectivity index (χ0v) is 11.5. The van der Waals surface area contributed by atoms with Crippen molar-refractivity contribution in [2.45, 2.75) is 32.7 Å².